The second-order valence-electron chi connectivity index (χ2n) is 9.58. The first kappa shape index (κ1) is 23.7. The Morgan fingerprint density at radius 2 is 1.97 bits per heavy atom. The molecule has 0 saturated heterocycles. The zero-order valence-electron chi connectivity index (χ0n) is 19.5. The molecule has 3 rings (SSSR count). The van der Waals surface area contributed by atoms with Crippen LogP contribution in [0.25, 0.3) is 0 Å². The number of nitrogens with zero attached hydrogens (tertiary/aromatic N) is 1. The van der Waals surface area contributed by atoms with E-state index in [9.17, 15) is 4.79 Å². The Kier molecular flexibility index (Phi) is 7.16. The lowest BCUT2D eigenvalue weighted by atomic mass is 10.1. The molecule has 0 bridgehead atoms. The number of rotatable bonds is 7. The van der Waals surface area contributed by atoms with Crippen LogP contribution in [0.1, 0.15) is 45.7 Å². The van der Waals surface area contributed by atoms with E-state index >= 15 is 4.39 Å². The van der Waals surface area contributed by atoms with Gasteiger partial charge in [-0.05, 0) is 32.3 Å². The van der Waals surface area contributed by atoms with E-state index in [0.717, 1.165) is 5.56 Å². The molecule has 2 aromatic rings. The number of carbonyl (C=O) groups is 1. The fourth-order valence-corrected chi connectivity index (χ4v) is 3.60. The van der Waals surface area contributed by atoms with Crippen LogP contribution < -0.4 is 15.2 Å². The van der Waals surface area contributed by atoms with Gasteiger partial charge in [-0.2, -0.15) is 0 Å². The average molecular weight is 445 g/mol. The van der Waals surface area contributed by atoms with Gasteiger partial charge in [0.25, 0.3) is 0 Å². The van der Waals surface area contributed by atoms with Crippen LogP contribution in [-0.2, 0) is 17.8 Å². The Labute approximate surface area is 189 Å². The monoisotopic (exact) mass is 444 g/mol. The quantitative estimate of drug-likeness (QED) is 0.596. The molecule has 1 unspecified atom stereocenters. The summed E-state index contributed by atoms with van der Waals surface area (Å²) in [7, 11) is 0. The third kappa shape index (κ3) is 6.05. The molecule has 2 N–H and O–H groups in total. The molecule has 0 saturated carbocycles. The number of hydrogen-bond acceptors (Lipinski definition) is 5. The van der Waals surface area contributed by atoms with Gasteiger partial charge in [0.05, 0.1) is 6.54 Å². The van der Waals surface area contributed by atoms with Crippen molar-refractivity contribution in [2.24, 2.45) is 5.92 Å². The van der Waals surface area contributed by atoms with Gasteiger partial charge in [0.15, 0.2) is 5.82 Å². The Morgan fingerprint density at radius 3 is 2.59 bits per heavy atom. The second kappa shape index (κ2) is 9.67. The number of hydrogen-bond donors (Lipinski definition) is 1. The maximum absolute atomic E-state index is 15.0. The van der Waals surface area contributed by atoms with Crippen molar-refractivity contribution in [2.45, 2.75) is 59.4 Å². The maximum Gasteiger partial charge on any atom is 0.410 e. The zero-order chi connectivity index (χ0) is 23.5. The lowest BCUT2D eigenvalue weighted by molar-refractivity contribution is 0.0158. The van der Waals surface area contributed by atoms with Crippen LogP contribution in [0.15, 0.2) is 36.4 Å². The molecule has 32 heavy (non-hydrogen) atoms. The molecule has 0 aromatic heterocycles. The van der Waals surface area contributed by atoms with Crippen LogP contribution in [0.3, 0.4) is 0 Å². The minimum Gasteiger partial charge on any atom is -0.488 e. The topological polar surface area (TPSA) is 74.0 Å². The van der Waals surface area contributed by atoms with E-state index in [1.54, 1.807) is 11.0 Å². The molecule has 7 heteroatoms. The molecule has 1 aliphatic heterocycles. The van der Waals surface area contributed by atoms with Crippen LogP contribution >= 0.6 is 0 Å². The predicted octanol–water partition coefficient (Wildman–Crippen LogP) is 5.18. The van der Waals surface area contributed by atoms with E-state index in [-0.39, 0.29) is 24.0 Å². The number of nitrogen functional groups attached to an aromatic ring is 1. The lowest BCUT2D eigenvalue weighted by Gasteiger charge is -2.30. The highest BCUT2D eigenvalue weighted by Crippen LogP contribution is 2.40. The maximum atomic E-state index is 15.0. The van der Waals surface area contributed by atoms with Crippen LogP contribution in [0.4, 0.5) is 14.9 Å². The minimum absolute atomic E-state index is 0.0323. The Hall–Kier alpha value is -2.96. The van der Waals surface area contributed by atoms with Gasteiger partial charge in [0.2, 0.25) is 0 Å². The van der Waals surface area contributed by atoms with Crippen LogP contribution in [-0.4, -0.2) is 35.8 Å². The fourth-order valence-electron chi connectivity index (χ4n) is 3.60. The summed E-state index contributed by atoms with van der Waals surface area (Å²) in [5.41, 5.74) is 6.74. The largest absolute Gasteiger partial charge is 0.488 e. The van der Waals surface area contributed by atoms with Crippen molar-refractivity contribution >= 4 is 11.8 Å². The molecular weight excluding hydrogens is 411 g/mol. The highest BCUT2D eigenvalue weighted by atomic mass is 19.1. The van der Waals surface area contributed by atoms with Gasteiger partial charge in [0, 0.05) is 24.6 Å². The molecule has 1 heterocycles. The average Bonchev–Trinajstić information content (AvgIpc) is 3.11. The highest BCUT2D eigenvalue weighted by molar-refractivity contribution is 5.68. The lowest BCUT2D eigenvalue weighted by Crippen LogP contribution is -2.43. The van der Waals surface area contributed by atoms with Crippen molar-refractivity contribution in [2.75, 3.05) is 18.8 Å². The molecule has 1 amide bonds. The standard InChI is InChI=1S/C25H33FN2O4/c1-16(2)13-28(24(29)32-25(3,4)5)14-18-11-19-20(31-18)12-21(23(27)22(19)26)30-15-17-9-7-6-8-10-17/h6-10,12,16,18H,11,13-15,27H2,1-5H3. The molecule has 2 aromatic carbocycles. The third-order valence-electron chi connectivity index (χ3n) is 4.95. The SMILES string of the molecule is CC(C)CN(CC1Cc2c(cc(OCc3ccccc3)c(N)c2F)O1)C(=O)OC(C)(C)C. The highest BCUT2D eigenvalue weighted by Gasteiger charge is 2.33. The molecule has 0 radical (unpaired) electrons. The Balaban J connectivity index is 1.72. The zero-order valence-corrected chi connectivity index (χ0v) is 19.5. The molecule has 0 fully saturated rings. The van der Waals surface area contributed by atoms with E-state index in [0.29, 0.717) is 30.8 Å². The summed E-state index contributed by atoms with van der Waals surface area (Å²) in [6.07, 6.45) is -0.478. The normalized spacial score (nSPS) is 15.3. The summed E-state index contributed by atoms with van der Waals surface area (Å²) < 4.78 is 32.3. The number of anilines is 1. The van der Waals surface area contributed by atoms with E-state index in [1.165, 1.54) is 0 Å². The van der Waals surface area contributed by atoms with Gasteiger partial charge < -0.3 is 24.8 Å². The van der Waals surface area contributed by atoms with Crippen molar-refractivity contribution in [3.05, 3.63) is 53.3 Å². The molecule has 174 valence electrons. The van der Waals surface area contributed by atoms with Gasteiger partial charge in [-0.15, -0.1) is 0 Å². The summed E-state index contributed by atoms with van der Waals surface area (Å²) in [5.74, 6) is 0.368. The fraction of sp³-hybridized carbons (Fsp3) is 0.480. The summed E-state index contributed by atoms with van der Waals surface area (Å²) in [6.45, 7) is 10.6. The molecule has 0 spiro atoms. The van der Waals surface area contributed by atoms with Crippen molar-refractivity contribution in [1.29, 1.82) is 0 Å². The van der Waals surface area contributed by atoms with E-state index in [4.69, 9.17) is 19.9 Å². The van der Waals surface area contributed by atoms with E-state index in [2.05, 4.69) is 0 Å². The number of nitrogens with two attached hydrogens (primary N) is 1. The molecule has 0 aliphatic carbocycles. The number of benzene rings is 2. The van der Waals surface area contributed by atoms with Crippen LogP contribution in [0.2, 0.25) is 0 Å². The number of ether oxygens (including phenoxy) is 3. The minimum atomic E-state index is -0.600. The van der Waals surface area contributed by atoms with Crippen molar-refractivity contribution in [3.8, 4) is 11.5 Å². The van der Waals surface area contributed by atoms with Gasteiger partial charge in [-0.1, -0.05) is 44.2 Å². The molecule has 1 atom stereocenters. The van der Waals surface area contributed by atoms with E-state index < -0.39 is 23.6 Å². The first-order chi connectivity index (χ1) is 15.0. The molecule has 1 aliphatic rings. The van der Waals surface area contributed by atoms with Gasteiger partial charge in [-0.25, -0.2) is 9.18 Å². The molecular formula is C25H33FN2O4. The third-order valence-corrected chi connectivity index (χ3v) is 4.95. The second-order valence-corrected chi connectivity index (χ2v) is 9.58. The van der Waals surface area contributed by atoms with Crippen molar-refractivity contribution in [1.82, 2.24) is 4.90 Å². The summed E-state index contributed by atoms with van der Waals surface area (Å²) >= 11 is 0. The first-order valence-corrected chi connectivity index (χ1v) is 11.0. The number of carbonyl (C=O) groups excluding carboxylic acids is 1. The summed E-state index contributed by atoms with van der Waals surface area (Å²) in [4.78, 5) is 14.3. The molecule has 6 nitrogen and oxygen atoms in total. The van der Waals surface area contributed by atoms with Crippen molar-refractivity contribution < 1.29 is 23.4 Å². The van der Waals surface area contributed by atoms with Crippen LogP contribution in [0.5, 0.6) is 11.5 Å². The first-order valence-electron chi connectivity index (χ1n) is 11.0. The predicted molar refractivity (Wildman–Crippen MR) is 122 cm³/mol. The van der Waals surface area contributed by atoms with Gasteiger partial charge in [0.1, 0.15) is 35.5 Å². The van der Waals surface area contributed by atoms with Crippen molar-refractivity contribution in [3.63, 3.8) is 0 Å². The Morgan fingerprint density at radius 1 is 1.28 bits per heavy atom. The Bertz CT molecular complexity index is 941. The smallest absolute Gasteiger partial charge is 0.410 e. The number of fused-ring (bicyclic) bond motifs is 1. The van der Waals surface area contributed by atoms with E-state index in [1.807, 2.05) is 65.0 Å². The van der Waals surface area contributed by atoms with Gasteiger partial charge in [-0.3, -0.25) is 0 Å². The number of amides is 1. The summed E-state index contributed by atoms with van der Waals surface area (Å²) in [5, 5.41) is 0. The van der Waals surface area contributed by atoms with Crippen LogP contribution in [0, 0.1) is 11.7 Å². The number of halogens is 1. The summed E-state index contributed by atoms with van der Waals surface area (Å²) in [6, 6.07) is 11.2. The van der Waals surface area contributed by atoms with Gasteiger partial charge >= 0.3 is 6.09 Å².